The van der Waals surface area contributed by atoms with E-state index in [1.54, 1.807) is 19.1 Å². The molecule has 0 saturated heterocycles. The summed E-state index contributed by atoms with van der Waals surface area (Å²) in [7, 11) is 0. The topological polar surface area (TPSA) is 46.4 Å². The molecule has 2 aromatic heterocycles. The second kappa shape index (κ2) is 7.13. The average Bonchev–Trinajstić information content (AvgIpc) is 3.20. The molecule has 0 bridgehead atoms. The molecule has 2 aromatic carbocycles. The van der Waals surface area contributed by atoms with E-state index >= 15 is 0 Å². The quantitative estimate of drug-likeness (QED) is 0.503. The van der Waals surface area contributed by atoms with E-state index in [0.29, 0.717) is 16.3 Å². The molecule has 0 saturated carbocycles. The van der Waals surface area contributed by atoms with Crippen molar-refractivity contribution in [2.45, 2.75) is 13.3 Å². The van der Waals surface area contributed by atoms with Crippen LogP contribution in [0.25, 0.3) is 16.2 Å². The fourth-order valence-electron chi connectivity index (χ4n) is 2.78. The lowest BCUT2D eigenvalue weighted by Crippen LogP contribution is -2.15. The van der Waals surface area contributed by atoms with Gasteiger partial charge in [-0.05, 0) is 36.8 Å². The van der Waals surface area contributed by atoms with Crippen LogP contribution in [0.4, 0.5) is 10.1 Å². The van der Waals surface area contributed by atoms with Gasteiger partial charge in [0.1, 0.15) is 5.82 Å². The molecule has 4 nitrogen and oxygen atoms in total. The minimum absolute atomic E-state index is 0.168. The minimum atomic E-state index is -0.341. The lowest BCUT2D eigenvalue weighted by atomic mass is 10.2. The number of aryl methyl sites for hydroxylation is 1. The maximum atomic E-state index is 13.6. The van der Waals surface area contributed by atoms with Gasteiger partial charge in [0, 0.05) is 33.5 Å². The maximum absolute atomic E-state index is 13.6. The summed E-state index contributed by atoms with van der Waals surface area (Å²) < 4.78 is 15.5. The van der Waals surface area contributed by atoms with Gasteiger partial charge < -0.3 is 5.32 Å². The van der Waals surface area contributed by atoms with Gasteiger partial charge in [0.05, 0.1) is 12.1 Å². The molecule has 0 aliphatic rings. The summed E-state index contributed by atoms with van der Waals surface area (Å²) >= 11 is 7.52. The SMILES string of the molecule is Cc1ccc(NC(=O)Cc2csc3nc(-c4cccc(Cl)c4)cn23)cc1F. The number of hydrogen-bond donors (Lipinski definition) is 1. The van der Waals surface area contributed by atoms with E-state index in [4.69, 9.17) is 11.6 Å². The number of amides is 1. The lowest BCUT2D eigenvalue weighted by Gasteiger charge is -2.06. The van der Waals surface area contributed by atoms with E-state index in [1.165, 1.54) is 17.4 Å². The van der Waals surface area contributed by atoms with E-state index in [-0.39, 0.29) is 18.1 Å². The molecule has 4 aromatic rings. The number of fused-ring (bicyclic) bond motifs is 1. The summed E-state index contributed by atoms with van der Waals surface area (Å²) in [6.07, 6.45) is 2.06. The smallest absolute Gasteiger partial charge is 0.230 e. The standard InChI is InChI=1S/C20H15ClFN3OS/c1-12-5-6-15(8-17(12)22)23-19(26)9-16-11-27-20-24-18(10-25(16)20)13-3-2-4-14(21)7-13/h2-8,10-11H,9H2,1H3,(H,23,26). The number of aromatic nitrogens is 2. The van der Waals surface area contributed by atoms with Crippen molar-refractivity contribution < 1.29 is 9.18 Å². The zero-order valence-corrected chi connectivity index (χ0v) is 15.9. The molecule has 2 heterocycles. The van der Waals surface area contributed by atoms with Gasteiger partial charge in [0.15, 0.2) is 4.96 Å². The van der Waals surface area contributed by atoms with Gasteiger partial charge >= 0.3 is 0 Å². The van der Waals surface area contributed by atoms with E-state index < -0.39 is 0 Å². The number of anilines is 1. The highest BCUT2D eigenvalue weighted by Crippen LogP contribution is 2.26. The number of carbonyl (C=O) groups is 1. The predicted octanol–water partition coefficient (Wildman–Crippen LogP) is 5.34. The van der Waals surface area contributed by atoms with Crippen LogP contribution >= 0.6 is 22.9 Å². The fourth-order valence-corrected chi connectivity index (χ4v) is 3.85. The summed E-state index contributed by atoms with van der Waals surface area (Å²) in [5.41, 5.74) is 3.52. The molecule has 0 radical (unpaired) electrons. The first-order valence-electron chi connectivity index (χ1n) is 8.27. The number of benzene rings is 2. The molecule has 7 heteroatoms. The zero-order valence-electron chi connectivity index (χ0n) is 14.4. The minimum Gasteiger partial charge on any atom is -0.326 e. The summed E-state index contributed by atoms with van der Waals surface area (Å²) in [5.74, 6) is -0.553. The van der Waals surface area contributed by atoms with Gasteiger partial charge in [-0.3, -0.25) is 9.20 Å². The number of hydrogen-bond acceptors (Lipinski definition) is 3. The Morgan fingerprint density at radius 1 is 1.30 bits per heavy atom. The normalized spacial score (nSPS) is 11.1. The van der Waals surface area contributed by atoms with E-state index in [9.17, 15) is 9.18 Å². The number of nitrogens with zero attached hydrogens (tertiary/aromatic N) is 2. The second-order valence-corrected chi connectivity index (χ2v) is 7.48. The van der Waals surface area contributed by atoms with Crippen molar-refractivity contribution >= 4 is 39.5 Å². The highest BCUT2D eigenvalue weighted by molar-refractivity contribution is 7.15. The molecule has 4 rings (SSSR count). The molecule has 1 N–H and O–H groups in total. The molecule has 0 aliphatic heterocycles. The highest BCUT2D eigenvalue weighted by atomic mass is 35.5. The summed E-state index contributed by atoms with van der Waals surface area (Å²) in [4.78, 5) is 17.8. The Kier molecular flexibility index (Phi) is 4.68. The molecule has 0 fully saturated rings. The third kappa shape index (κ3) is 3.72. The average molecular weight is 400 g/mol. The Labute approximate surface area is 164 Å². The summed E-state index contributed by atoms with van der Waals surface area (Å²) in [6, 6.07) is 12.1. The van der Waals surface area contributed by atoms with Crippen LogP contribution in [-0.4, -0.2) is 15.3 Å². The van der Waals surface area contributed by atoms with Crippen molar-refractivity contribution in [1.82, 2.24) is 9.38 Å². The molecule has 136 valence electrons. The van der Waals surface area contributed by atoms with Crippen molar-refractivity contribution in [3.05, 3.63) is 76.1 Å². The molecular formula is C20H15ClFN3OS. The van der Waals surface area contributed by atoms with Crippen molar-refractivity contribution in [3.63, 3.8) is 0 Å². The van der Waals surface area contributed by atoms with Crippen molar-refractivity contribution in [2.75, 3.05) is 5.32 Å². The number of imidazole rings is 1. The Hall–Kier alpha value is -2.70. The van der Waals surface area contributed by atoms with E-state index in [0.717, 1.165) is 21.9 Å². The molecule has 1 amide bonds. The molecule has 27 heavy (non-hydrogen) atoms. The predicted molar refractivity (Wildman–Crippen MR) is 107 cm³/mol. The van der Waals surface area contributed by atoms with Crippen LogP contribution in [0.1, 0.15) is 11.3 Å². The highest BCUT2D eigenvalue weighted by Gasteiger charge is 2.13. The van der Waals surface area contributed by atoms with Gasteiger partial charge in [0.25, 0.3) is 0 Å². The van der Waals surface area contributed by atoms with Gasteiger partial charge in [-0.25, -0.2) is 9.37 Å². The Morgan fingerprint density at radius 2 is 2.15 bits per heavy atom. The van der Waals surface area contributed by atoms with E-state index in [2.05, 4.69) is 10.3 Å². The van der Waals surface area contributed by atoms with Crippen LogP contribution in [0.2, 0.25) is 5.02 Å². The Bertz CT molecular complexity index is 1150. The zero-order chi connectivity index (χ0) is 19.0. The third-order valence-electron chi connectivity index (χ3n) is 4.20. The monoisotopic (exact) mass is 399 g/mol. The molecule has 0 spiro atoms. The second-order valence-electron chi connectivity index (χ2n) is 6.21. The van der Waals surface area contributed by atoms with E-state index in [1.807, 2.05) is 40.2 Å². The van der Waals surface area contributed by atoms with Crippen LogP contribution in [-0.2, 0) is 11.2 Å². The van der Waals surface area contributed by atoms with Crippen LogP contribution < -0.4 is 5.32 Å². The lowest BCUT2D eigenvalue weighted by molar-refractivity contribution is -0.115. The number of rotatable bonds is 4. The van der Waals surface area contributed by atoms with Gasteiger partial charge in [-0.2, -0.15) is 0 Å². The van der Waals surface area contributed by atoms with Crippen LogP contribution in [0.5, 0.6) is 0 Å². The number of nitrogens with one attached hydrogen (secondary N) is 1. The first kappa shape index (κ1) is 17.7. The largest absolute Gasteiger partial charge is 0.326 e. The first-order valence-corrected chi connectivity index (χ1v) is 9.53. The van der Waals surface area contributed by atoms with Crippen molar-refractivity contribution in [1.29, 1.82) is 0 Å². The van der Waals surface area contributed by atoms with Crippen LogP contribution in [0, 0.1) is 12.7 Å². The molecule has 0 unspecified atom stereocenters. The van der Waals surface area contributed by atoms with Crippen molar-refractivity contribution in [3.8, 4) is 11.3 Å². The fraction of sp³-hybridized carbons (Fsp3) is 0.100. The van der Waals surface area contributed by atoms with Gasteiger partial charge in [-0.1, -0.05) is 29.8 Å². The van der Waals surface area contributed by atoms with Crippen LogP contribution in [0.3, 0.4) is 0 Å². The number of thiazole rings is 1. The van der Waals surface area contributed by atoms with Crippen LogP contribution in [0.15, 0.2) is 54.0 Å². The number of halogens is 2. The first-order chi connectivity index (χ1) is 13.0. The van der Waals surface area contributed by atoms with Crippen molar-refractivity contribution in [2.24, 2.45) is 0 Å². The molecule has 0 atom stereocenters. The van der Waals surface area contributed by atoms with Gasteiger partial charge in [0.2, 0.25) is 5.91 Å². The maximum Gasteiger partial charge on any atom is 0.230 e. The molecular weight excluding hydrogens is 385 g/mol. The third-order valence-corrected chi connectivity index (χ3v) is 5.32. The Morgan fingerprint density at radius 3 is 2.93 bits per heavy atom. The summed E-state index contributed by atoms with van der Waals surface area (Å²) in [6.45, 7) is 1.68. The number of carbonyl (C=O) groups excluding carboxylic acids is 1. The Balaban J connectivity index is 1.55. The summed E-state index contributed by atoms with van der Waals surface area (Å²) in [5, 5.41) is 5.28. The van der Waals surface area contributed by atoms with Gasteiger partial charge in [-0.15, -0.1) is 11.3 Å². The molecule has 0 aliphatic carbocycles.